The Morgan fingerprint density at radius 1 is 1.14 bits per heavy atom. The van der Waals surface area contributed by atoms with E-state index in [1.807, 2.05) is 42.5 Å². The molecule has 0 radical (unpaired) electrons. The molecule has 3 rings (SSSR count). The van der Waals surface area contributed by atoms with E-state index in [4.69, 9.17) is 11.6 Å². The number of amides is 4. The number of halogens is 1. The average molecular weight is 399 g/mol. The molecule has 0 unspecified atom stereocenters. The maximum Gasteiger partial charge on any atom is 0.324 e. The molecule has 1 fully saturated rings. The molecule has 1 aliphatic rings. The van der Waals surface area contributed by atoms with Gasteiger partial charge in [-0.2, -0.15) is 0 Å². The third-order valence-electron chi connectivity index (χ3n) is 4.48. The van der Waals surface area contributed by atoms with Crippen LogP contribution in [-0.2, 0) is 6.54 Å². The van der Waals surface area contributed by atoms with Gasteiger partial charge in [-0.05, 0) is 30.2 Å². The Kier molecular flexibility index (Phi) is 6.55. The van der Waals surface area contributed by atoms with Gasteiger partial charge in [-0.1, -0.05) is 48.0 Å². The summed E-state index contributed by atoms with van der Waals surface area (Å²) in [6.07, 6.45) is 2.43. The molecule has 0 spiro atoms. The van der Waals surface area contributed by atoms with Crippen LogP contribution in [-0.4, -0.2) is 36.6 Å². The van der Waals surface area contributed by atoms with Crippen molar-refractivity contribution >= 4 is 35.0 Å². The van der Waals surface area contributed by atoms with Gasteiger partial charge < -0.3 is 15.5 Å². The van der Waals surface area contributed by atoms with Gasteiger partial charge >= 0.3 is 12.1 Å². The molecule has 0 saturated carbocycles. The van der Waals surface area contributed by atoms with E-state index in [2.05, 4.69) is 17.2 Å². The van der Waals surface area contributed by atoms with Crippen molar-refractivity contribution in [2.24, 2.45) is 0 Å². The lowest BCUT2D eigenvalue weighted by Crippen LogP contribution is -2.49. The highest BCUT2D eigenvalue weighted by atomic mass is 35.5. The lowest BCUT2D eigenvalue weighted by molar-refractivity contribution is 0.192. The highest BCUT2D eigenvalue weighted by Gasteiger charge is 2.28. The highest BCUT2D eigenvalue weighted by molar-refractivity contribution is 6.31. The van der Waals surface area contributed by atoms with Crippen molar-refractivity contribution in [2.45, 2.75) is 13.0 Å². The second-order valence-corrected chi connectivity index (χ2v) is 6.85. The summed E-state index contributed by atoms with van der Waals surface area (Å²) in [5, 5.41) is 6.13. The Morgan fingerprint density at radius 2 is 1.89 bits per heavy atom. The second-order valence-electron chi connectivity index (χ2n) is 6.44. The third-order valence-corrected chi connectivity index (χ3v) is 4.85. The van der Waals surface area contributed by atoms with Gasteiger partial charge in [0, 0.05) is 31.2 Å². The molecular formula is C21H23ClN4O2. The van der Waals surface area contributed by atoms with Gasteiger partial charge in [0.15, 0.2) is 0 Å². The first-order valence-corrected chi connectivity index (χ1v) is 9.52. The number of nitrogens with one attached hydrogen (secondary N) is 2. The molecule has 1 aliphatic heterocycles. The number of rotatable bonds is 6. The monoisotopic (exact) mass is 398 g/mol. The van der Waals surface area contributed by atoms with Crippen LogP contribution in [0.5, 0.6) is 0 Å². The summed E-state index contributed by atoms with van der Waals surface area (Å²) >= 11 is 6.26. The normalized spacial score (nSPS) is 14.0. The Balaban J connectivity index is 1.78. The van der Waals surface area contributed by atoms with Crippen LogP contribution >= 0.6 is 11.6 Å². The summed E-state index contributed by atoms with van der Waals surface area (Å²) < 4.78 is 0. The lowest BCUT2D eigenvalue weighted by atomic mass is 10.1. The van der Waals surface area contributed by atoms with Gasteiger partial charge in [0.05, 0.1) is 11.4 Å². The van der Waals surface area contributed by atoms with E-state index >= 15 is 0 Å². The Bertz CT molecular complexity index is 871. The highest BCUT2D eigenvalue weighted by Crippen LogP contribution is 2.29. The van der Waals surface area contributed by atoms with Crippen LogP contribution < -0.4 is 15.5 Å². The van der Waals surface area contributed by atoms with Crippen LogP contribution in [0.3, 0.4) is 0 Å². The van der Waals surface area contributed by atoms with Crippen molar-refractivity contribution in [3.63, 3.8) is 0 Å². The summed E-state index contributed by atoms with van der Waals surface area (Å²) in [7, 11) is 0. The summed E-state index contributed by atoms with van der Waals surface area (Å²) in [6.45, 7) is 5.64. The molecule has 0 bridgehead atoms. The van der Waals surface area contributed by atoms with Crippen molar-refractivity contribution in [2.75, 3.05) is 29.9 Å². The molecule has 2 aromatic carbocycles. The molecule has 1 heterocycles. The van der Waals surface area contributed by atoms with Crippen LogP contribution in [0, 0.1) is 0 Å². The van der Waals surface area contributed by atoms with Crippen LogP contribution in [0.25, 0.3) is 0 Å². The number of hydrogen-bond donors (Lipinski definition) is 2. The fourth-order valence-corrected chi connectivity index (χ4v) is 3.33. The van der Waals surface area contributed by atoms with Gasteiger partial charge in [-0.15, -0.1) is 6.58 Å². The molecule has 4 amide bonds. The topological polar surface area (TPSA) is 64.7 Å². The zero-order valence-corrected chi connectivity index (χ0v) is 16.3. The van der Waals surface area contributed by atoms with E-state index in [9.17, 15) is 9.59 Å². The van der Waals surface area contributed by atoms with Gasteiger partial charge in [-0.25, -0.2) is 9.59 Å². The fourth-order valence-electron chi connectivity index (χ4n) is 3.13. The van der Waals surface area contributed by atoms with Crippen LogP contribution in [0.4, 0.5) is 21.0 Å². The van der Waals surface area contributed by atoms with Crippen molar-refractivity contribution in [3.8, 4) is 0 Å². The Labute approximate surface area is 169 Å². The Hall–Kier alpha value is -2.99. The van der Waals surface area contributed by atoms with E-state index in [0.29, 0.717) is 42.6 Å². The van der Waals surface area contributed by atoms with Crippen molar-refractivity contribution in [3.05, 3.63) is 71.8 Å². The first-order chi connectivity index (χ1) is 13.6. The smallest absolute Gasteiger partial charge is 0.324 e. The largest absolute Gasteiger partial charge is 0.334 e. The molecule has 1 saturated heterocycles. The number of carbonyl (C=O) groups excluding carboxylic acids is 2. The van der Waals surface area contributed by atoms with E-state index in [1.54, 1.807) is 21.9 Å². The molecule has 146 valence electrons. The number of carbonyl (C=O) groups is 2. The van der Waals surface area contributed by atoms with Crippen molar-refractivity contribution < 1.29 is 9.59 Å². The summed E-state index contributed by atoms with van der Waals surface area (Å²) in [5.41, 5.74) is 2.16. The number of hydrogen-bond acceptors (Lipinski definition) is 2. The minimum atomic E-state index is -0.343. The standard InChI is InChI=1S/C21H23ClN4O2/c1-2-12-23-20(27)24-18-10-5-6-11-19(18)26-14-7-13-25(21(26)28)15-16-8-3-4-9-17(16)22/h2-6,8-11H,1,7,12-15H2,(H2,23,24,27). The minimum Gasteiger partial charge on any atom is -0.334 e. The Morgan fingerprint density at radius 3 is 2.68 bits per heavy atom. The molecule has 0 atom stereocenters. The maximum absolute atomic E-state index is 13.1. The number of urea groups is 2. The van der Waals surface area contributed by atoms with Gasteiger partial charge in [0.2, 0.25) is 0 Å². The van der Waals surface area contributed by atoms with Gasteiger partial charge in [0.1, 0.15) is 0 Å². The number of benzene rings is 2. The molecular weight excluding hydrogens is 376 g/mol. The van der Waals surface area contributed by atoms with E-state index in [-0.39, 0.29) is 12.1 Å². The molecule has 2 N–H and O–H groups in total. The lowest BCUT2D eigenvalue weighted by Gasteiger charge is -2.36. The molecule has 7 heteroatoms. The van der Waals surface area contributed by atoms with E-state index in [1.165, 1.54) is 0 Å². The van der Waals surface area contributed by atoms with Crippen molar-refractivity contribution in [1.82, 2.24) is 10.2 Å². The fraction of sp³-hybridized carbons (Fsp3) is 0.238. The summed E-state index contributed by atoms with van der Waals surface area (Å²) in [5.74, 6) is 0. The van der Waals surface area contributed by atoms with E-state index < -0.39 is 0 Å². The quantitative estimate of drug-likeness (QED) is 0.704. The first-order valence-electron chi connectivity index (χ1n) is 9.15. The predicted octanol–water partition coefficient (Wildman–Crippen LogP) is 4.48. The van der Waals surface area contributed by atoms with Gasteiger partial charge in [-0.3, -0.25) is 4.90 Å². The summed E-state index contributed by atoms with van der Waals surface area (Å²) in [4.78, 5) is 28.6. The molecule has 2 aromatic rings. The third kappa shape index (κ3) is 4.64. The maximum atomic E-state index is 13.1. The number of anilines is 2. The zero-order chi connectivity index (χ0) is 19.9. The summed E-state index contributed by atoms with van der Waals surface area (Å²) in [6, 6.07) is 14.4. The predicted molar refractivity (Wildman–Crippen MR) is 113 cm³/mol. The second kappa shape index (κ2) is 9.28. The van der Waals surface area contributed by atoms with Crippen LogP contribution in [0.2, 0.25) is 5.02 Å². The van der Waals surface area contributed by atoms with Crippen molar-refractivity contribution in [1.29, 1.82) is 0 Å². The number of para-hydroxylation sites is 2. The van der Waals surface area contributed by atoms with Crippen LogP contribution in [0.15, 0.2) is 61.2 Å². The molecule has 28 heavy (non-hydrogen) atoms. The molecule has 0 aromatic heterocycles. The van der Waals surface area contributed by atoms with Gasteiger partial charge in [0.25, 0.3) is 0 Å². The molecule has 6 nitrogen and oxygen atoms in total. The van der Waals surface area contributed by atoms with Crippen LogP contribution in [0.1, 0.15) is 12.0 Å². The minimum absolute atomic E-state index is 0.105. The zero-order valence-electron chi connectivity index (χ0n) is 15.5. The van der Waals surface area contributed by atoms with E-state index in [0.717, 1.165) is 12.0 Å². The first kappa shape index (κ1) is 19.8. The number of nitrogens with zero attached hydrogens (tertiary/aromatic N) is 2. The average Bonchev–Trinajstić information content (AvgIpc) is 2.70. The molecule has 0 aliphatic carbocycles. The SMILES string of the molecule is C=CCNC(=O)Nc1ccccc1N1CCCN(Cc2ccccc2Cl)C1=O.